The van der Waals surface area contributed by atoms with Crippen LogP contribution in [0.15, 0.2) is 59.5 Å². The van der Waals surface area contributed by atoms with Crippen molar-refractivity contribution in [2.45, 2.75) is 38.1 Å². The first-order chi connectivity index (χ1) is 18.0. The van der Waals surface area contributed by atoms with Gasteiger partial charge in [0.05, 0.1) is 11.5 Å². The van der Waals surface area contributed by atoms with Crippen LogP contribution in [0.1, 0.15) is 34.0 Å². The van der Waals surface area contributed by atoms with Crippen LogP contribution in [0.3, 0.4) is 0 Å². The predicted molar refractivity (Wildman–Crippen MR) is 148 cm³/mol. The van der Waals surface area contributed by atoms with E-state index in [1.54, 1.807) is 63.2 Å². The Morgan fingerprint density at radius 3 is 2.32 bits per heavy atom. The molecule has 3 aromatic carbocycles. The number of hydrogen-bond donors (Lipinski definition) is 3. The van der Waals surface area contributed by atoms with Gasteiger partial charge in [0.2, 0.25) is 0 Å². The standard InChI is InChI=1S/C28H30ClN3O5S/c1-5-37-27(34)28(15-30-16-28)31-26(33)23-10-9-21(11-17(23)2)20-7-6-8-22(14-20)32-38(35,36)25-13-18(3)24(29)12-19(25)4/h6-14,30,32H,5,15-16H2,1-4H3,(H,31,33). The van der Waals surface area contributed by atoms with E-state index in [1.807, 2.05) is 19.1 Å². The summed E-state index contributed by atoms with van der Waals surface area (Å²) in [5.74, 6) is -0.816. The highest BCUT2D eigenvalue weighted by Gasteiger charge is 2.47. The van der Waals surface area contributed by atoms with Crippen LogP contribution in [0.2, 0.25) is 5.02 Å². The second kappa shape index (κ2) is 10.8. The molecule has 8 nitrogen and oxygen atoms in total. The Labute approximate surface area is 227 Å². The molecule has 0 aliphatic carbocycles. The maximum Gasteiger partial charge on any atom is 0.334 e. The van der Waals surface area contributed by atoms with Crippen LogP contribution < -0.4 is 15.4 Å². The Morgan fingerprint density at radius 2 is 1.68 bits per heavy atom. The molecule has 1 amide bonds. The Kier molecular flexibility index (Phi) is 7.83. The van der Waals surface area contributed by atoms with Gasteiger partial charge in [0.1, 0.15) is 0 Å². The summed E-state index contributed by atoms with van der Waals surface area (Å²) in [5, 5.41) is 6.36. The number of halogens is 1. The van der Waals surface area contributed by atoms with E-state index in [0.717, 1.165) is 11.1 Å². The lowest BCUT2D eigenvalue weighted by molar-refractivity contribution is -0.153. The van der Waals surface area contributed by atoms with Crippen molar-refractivity contribution in [3.05, 3.63) is 81.9 Å². The monoisotopic (exact) mass is 555 g/mol. The van der Waals surface area contributed by atoms with E-state index in [2.05, 4.69) is 15.4 Å². The van der Waals surface area contributed by atoms with E-state index in [1.165, 1.54) is 0 Å². The first-order valence-corrected chi connectivity index (χ1v) is 14.0. The van der Waals surface area contributed by atoms with Gasteiger partial charge in [-0.2, -0.15) is 0 Å². The fraction of sp³-hybridized carbons (Fsp3) is 0.286. The molecule has 0 spiro atoms. The molecule has 0 radical (unpaired) electrons. The number of anilines is 1. The minimum absolute atomic E-state index is 0.165. The zero-order valence-electron chi connectivity index (χ0n) is 21.6. The van der Waals surface area contributed by atoms with E-state index in [9.17, 15) is 18.0 Å². The summed E-state index contributed by atoms with van der Waals surface area (Å²) in [7, 11) is -3.84. The highest BCUT2D eigenvalue weighted by molar-refractivity contribution is 7.92. The van der Waals surface area contributed by atoms with Gasteiger partial charge >= 0.3 is 5.97 Å². The van der Waals surface area contributed by atoms with Crippen LogP contribution in [0.4, 0.5) is 5.69 Å². The molecule has 1 aliphatic rings. The number of esters is 1. The molecule has 3 aromatic rings. The lowest BCUT2D eigenvalue weighted by Crippen LogP contribution is -2.73. The van der Waals surface area contributed by atoms with Crippen molar-refractivity contribution >= 4 is 39.2 Å². The smallest absolute Gasteiger partial charge is 0.334 e. The number of ether oxygens (including phenoxy) is 1. The zero-order chi connectivity index (χ0) is 27.7. The molecule has 38 heavy (non-hydrogen) atoms. The van der Waals surface area contributed by atoms with Crippen LogP contribution in [0.25, 0.3) is 11.1 Å². The van der Waals surface area contributed by atoms with Gasteiger partial charge in [0, 0.05) is 29.4 Å². The van der Waals surface area contributed by atoms with Gasteiger partial charge in [-0.1, -0.05) is 35.9 Å². The normalized spacial score (nSPS) is 14.3. The number of amides is 1. The van der Waals surface area contributed by atoms with Crippen molar-refractivity contribution in [2.75, 3.05) is 24.4 Å². The third kappa shape index (κ3) is 5.55. The molecule has 3 N–H and O–H groups in total. The van der Waals surface area contributed by atoms with E-state index < -0.39 is 21.5 Å². The number of benzene rings is 3. The summed E-state index contributed by atoms with van der Waals surface area (Å²) >= 11 is 6.13. The van der Waals surface area contributed by atoms with Gasteiger partial charge in [0.15, 0.2) is 5.54 Å². The highest BCUT2D eigenvalue weighted by atomic mass is 35.5. The highest BCUT2D eigenvalue weighted by Crippen LogP contribution is 2.29. The lowest BCUT2D eigenvalue weighted by Gasteiger charge is -2.40. The maximum absolute atomic E-state index is 13.1. The Morgan fingerprint density at radius 1 is 0.974 bits per heavy atom. The average molecular weight is 556 g/mol. The average Bonchev–Trinajstić information content (AvgIpc) is 2.83. The van der Waals surface area contributed by atoms with Crippen molar-refractivity contribution in [1.82, 2.24) is 10.6 Å². The number of aryl methyl sites for hydroxylation is 3. The molecule has 1 saturated heterocycles. The molecule has 1 aliphatic heterocycles. The van der Waals surface area contributed by atoms with Crippen LogP contribution in [-0.2, 0) is 19.6 Å². The van der Waals surface area contributed by atoms with E-state index >= 15 is 0 Å². The molecule has 1 heterocycles. The SMILES string of the molecule is CCOC(=O)C1(NC(=O)c2ccc(-c3cccc(NS(=O)(=O)c4cc(C)c(Cl)cc4C)c3)cc2C)CNC1. The van der Waals surface area contributed by atoms with Gasteiger partial charge in [-0.15, -0.1) is 0 Å². The molecule has 1 fully saturated rings. The van der Waals surface area contributed by atoms with Crippen LogP contribution in [-0.4, -0.2) is 45.5 Å². The molecule has 0 unspecified atom stereocenters. The summed E-state index contributed by atoms with van der Waals surface area (Å²) < 4.78 is 34.0. The van der Waals surface area contributed by atoms with Gasteiger partial charge in [-0.05, 0) is 85.8 Å². The Bertz CT molecular complexity index is 1520. The second-order valence-corrected chi connectivity index (χ2v) is 11.5. The fourth-order valence-corrected chi connectivity index (χ4v) is 5.91. The minimum Gasteiger partial charge on any atom is -0.464 e. The minimum atomic E-state index is -3.84. The second-order valence-electron chi connectivity index (χ2n) is 9.44. The molecular weight excluding hydrogens is 526 g/mol. The van der Waals surface area contributed by atoms with Crippen LogP contribution in [0, 0.1) is 20.8 Å². The molecule has 200 valence electrons. The number of rotatable bonds is 8. The van der Waals surface area contributed by atoms with E-state index in [4.69, 9.17) is 16.3 Å². The summed E-state index contributed by atoms with van der Waals surface area (Å²) in [6.45, 7) is 7.85. The number of nitrogens with one attached hydrogen (secondary N) is 3. The third-order valence-electron chi connectivity index (χ3n) is 6.54. The molecule has 0 aromatic heterocycles. The summed E-state index contributed by atoms with van der Waals surface area (Å²) in [6.07, 6.45) is 0. The molecule has 0 saturated carbocycles. The maximum atomic E-state index is 13.1. The number of carbonyl (C=O) groups is 2. The summed E-state index contributed by atoms with van der Waals surface area (Å²) in [4.78, 5) is 25.6. The van der Waals surface area contributed by atoms with Gasteiger partial charge in [-0.25, -0.2) is 13.2 Å². The van der Waals surface area contributed by atoms with Crippen LogP contribution in [0.5, 0.6) is 0 Å². The Hall–Kier alpha value is -3.40. The van der Waals surface area contributed by atoms with Gasteiger partial charge in [-0.3, -0.25) is 9.52 Å². The van der Waals surface area contributed by atoms with Crippen LogP contribution >= 0.6 is 11.6 Å². The number of sulfonamides is 1. The van der Waals surface area contributed by atoms with Crippen molar-refractivity contribution in [3.8, 4) is 11.1 Å². The number of hydrogen-bond acceptors (Lipinski definition) is 6. The molecular formula is C28H30ClN3O5S. The van der Waals surface area contributed by atoms with Crippen molar-refractivity contribution in [2.24, 2.45) is 0 Å². The third-order valence-corrected chi connectivity index (χ3v) is 8.47. The van der Waals surface area contributed by atoms with Crippen molar-refractivity contribution in [1.29, 1.82) is 0 Å². The number of carbonyl (C=O) groups excluding carboxylic acids is 2. The predicted octanol–water partition coefficient (Wildman–Crippen LogP) is 4.37. The molecule has 4 rings (SSSR count). The quantitative estimate of drug-likeness (QED) is 0.356. The van der Waals surface area contributed by atoms with Crippen molar-refractivity contribution < 1.29 is 22.7 Å². The molecule has 0 bridgehead atoms. The Balaban J connectivity index is 1.55. The first-order valence-electron chi connectivity index (χ1n) is 12.2. The molecule has 10 heteroatoms. The largest absolute Gasteiger partial charge is 0.464 e. The molecule has 0 atom stereocenters. The zero-order valence-corrected chi connectivity index (χ0v) is 23.2. The van der Waals surface area contributed by atoms with Gasteiger partial charge < -0.3 is 15.4 Å². The topological polar surface area (TPSA) is 114 Å². The first kappa shape index (κ1) is 27.6. The van der Waals surface area contributed by atoms with E-state index in [0.29, 0.717) is 46.1 Å². The summed E-state index contributed by atoms with van der Waals surface area (Å²) in [5.41, 5.74) is 3.30. The summed E-state index contributed by atoms with van der Waals surface area (Å²) in [6, 6.07) is 15.6. The van der Waals surface area contributed by atoms with E-state index in [-0.39, 0.29) is 17.4 Å². The lowest BCUT2D eigenvalue weighted by atomic mass is 9.91. The van der Waals surface area contributed by atoms with Gasteiger partial charge in [0.25, 0.3) is 15.9 Å². The van der Waals surface area contributed by atoms with Crippen molar-refractivity contribution in [3.63, 3.8) is 0 Å². The fourth-order valence-electron chi connectivity index (χ4n) is 4.33.